The highest BCUT2D eigenvalue weighted by molar-refractivity contribution is 5.60. The predicted molar refractivity (Wildman–Crippen MR) is 87.8 cm³/mol. The molecule has 1 aromatic carbocycles. The van der Waals surface area contributed by atoms with Crippen LogP contribution in [0.2, 0.25) is 0 Å². The maximum Gasteiger partial charge on any atom is 0.230 e. The number of hydrogen-bond donors (Lipinski definition) is 1. The Kier molecular flexibility index (Phi) is 4.73. The van der Waals surface area contributed by atoms with Crippen LogP contribution in [0.5, 0.6) is 0 Å². The number of aromatic nitrogens is 3. The van der Waals surface area contributed by atoms with Crippen molar-refractivity contribution in [1.82, 2.24) is 15.0 Å². The van der Waals surface area contributed by atoms with Gasteiger partial charge in [0, 0.05) is 26.2 Å². The first-order valence-electron chi connectivity index (χ1n) is 7.26. The third kappa shape index (κ3) is 3.68. The second-order valence-electron chi connectivity index (χ2n) is 5.40. The number of nitrogens with one attached hydrogen (secondary N) is 1. The largest absolute Gasteiger partial charge is 0.354 e. The first-order valence-corrected chi connectivity index (χ1v) is 7.26. The van der Waals surface area contributed by atoms with Crippen molar-refractivity contribution in [2.75, 3.05) is 30.9 Å². The fraction of sp³-hybridized carbons (Fsp3) is 0.438. The molecule has 0 radical (unpaired) electrons. The highest BCUT2D eigenvalue weighted by atomic mass is 15.3. The summed E-state index contributed by atoms with van der Waals surface area (Å²) in [7, 11) is 3.87. The standard InChI is InChI=1S/C16H23N5/c1-6-9-17-15-18-14(19-16(20-15)21(4)5)13-8-7-11(2)12(3)10-13/h7-8,10H,6,9H2,1-5H3,(H,17,18,19,20). The molecule has 1 heterocycles. The molecular weight excluding hydrogens is 262 g/mol. The molecule has 1 aromatic heterocycles. The van der Waals surface area contributed by atoms with E-state index < -0.39 is 0 Å². The molecule has 5 nitrogen and oxygen atoms in total. The van der Waals surface area contributed by atoms with Gasteiger partial charge in [-0.1, -0.05) is 19.1 Å². The molecule has 2 aromatic rings. The van der Waals surface area contributed by atoms with Gasteiger partial charge in [-0.05, 0) is 37.5 Å². The van der Waals surface area contributed by atoms with Gasteiger partial charge in [-0.2, -0.15) is 15.0 Å². The maximum atomic E-state index is 4.55. The molecule has 0 spiro atoms. The summed E-state index contributed by atoms with van der Waals surface area (Å²) in [5.74, 6) is 2.00. The zero-order valence-corrected chi connectivity index (χ0v) is 13.4. The molecule has 0 saturated carbocycles. The van der Waals surface area contributed by atoms with Crippen molar-refractivity contribution in [3.8, 4) is 11.4 Å². The van der Waals surface area contributed by atoms with Crippen molar-refractivity contribution < 1.29 is 0 Å². The Morgan fingerprint density at radius 3 is 2.43 bits per heavy atom. The van der Waals surface area contributed by atoms with E-state index in [-0.39, 0.29) is 0 Å². The lowest BCUT2D eigenvalue weighted by atomic mass is 10.1. The van der Waals surface area contributed by atoms with E-state index in [2.05, 4.69) is 59.2 Å². The second-order valence-corrected chi connectivity index (χ2v) is 5.40. The average molecular weight is 285 g/mol. The van der Waals surface area contributed by atoms with Crippen LogP contribution in [0, 0.1) is 13.8 Å². The SMILES string of the molecule is CCCNc1nc(-c2ccc(C)c(C)c2)nc(N(C)C)n1. The Morgan fingerprint density at radius 1 is 1.05 bits per heavy atom. The van der Waals surface area contributed by atoms with Gasteiger partial charge in [-0.25, -0.2) is 0 Å². The van der Waals surface area contributed by atoms with Crippen LogP contribution in [0.25, 0.3) is 11.4 Å². The Labute approximate surface area is 126 Å². The van der Waals surface area contributed by atoms with Gasteiger partial charge in [-0.3, -0.25) is 0 Å². The minimum atomic E-state index is 0.628. The van der Waals surface area contributed by atoms with E-state index in [0.717, 1.165) is 18.5 Å². The minimum Gasteiger partial charge on any atom is -0.354 e. The van der Waals surface area contributed by atoms with Crippen LogP contribution in [0.1, 0.15) is 24.5 Å². The van der Waals surface area contributed by atoms with Gasteiger partial charge in [0.2, 0.25) is 11.9 Å². The lowest BCUT2D eigenvalue weighted by molar-refractivity contribution is 0.919. The molecule has 0 fully saturated rings. The number of anilines is 2. The van der Waals surface area contributed by atoms with Gasteiger partial charge < -0.3 is 10.2 Å². The molecule has 1 N–H and O–H groups in total. The summed E-state index contributed by atoms with van der Waals surface area (Å²) < 4.78 is 0. The van der Waals surface area contributed by atoms with E-state index >= 15 is 0 Å². The molecule has 0 aliphatic carbocycles. The van der Waals surface area contributed by atoms with Crippen LogP contribution in [0.3, 0.4) is 0 Å². The fourth-order valence-corrected chi connectivity index (χ4v) is 1.89. The fourth-order valence-electron chi connectivity index (χ4n) is 1.89. The van der Waals surface area contributed by atoms with Crippen molar-refractivity contribution >= 4 is 11.9 Å². The summed E-state index contributed by atoms with van der Waals surface area (Å²) in [5.41, 5.74) is 3.52. The van der Waals surface area contributed by atoms with Crippen LogP contribution in [-0.2, 0) is 0 Å². The average Bonchev–Trinajstić information content (AvgIpc) is 2.47. The van der Waals surface area contributed by atoms with Gasteiger partial charge in [0.05, 0.1) is 0 Å². The summed E-state index contributed by atoms with van der Waals surface area (Å²) in [6.45, 7) is 7.17. The molecule has 0 unspecified atom stereocenters. The molecule has 21 heavy (non-hydrogen) atoms. The smallest absolute Gasteiger partial charge is 0.230 e. The number of benzene rings is 1. The van der Waals surface area contributed by atoms with E-state index in [4.69, 9.17) is 0 Å². The molecule has 0 bridgehead atoms. The van der Waals surface area contributed by atoms with Crippen molar-refractivity contribution in [1.29, 1.82) is 0 Å². The number of hydrogen-bond acceptors (Lipinski definition) is 5. The normalized spacial score (nSPS) is 10.5. The molecule has 0 aliphatic rings. The van der Waals surface area contributed by atoms with E-state index in [0.29, 0.717) is 17.7 Å². The van der Waals surface area contributed by atoms with Gasteiger partial charge in [0.25, 0.3) is 0 Å². The molecule has 0 aliphatic heterocycles. The van der Waals surface area contributed by atoms with Gasteiger partial charge >= 0.3 is 0 Å². The topological polar surface area (TPSA) is 53.9 Å². The van der Waals surface area contributed by atoms with E-state index in [1.807, 2.05) is 19.0 Å². The summed E-state index contributed by atoms with van der Waals surface area (Å²) in [4.78, 5) is 15.4. The van der Waals surface area contributed by atoms with Crippen molar-refractivity contribution in [3.05, 3.63) is 29.3 Å². The first kappa shape index (κ1) is 15.2. The van der Waals surface area contributed by atoms with Crippen molar-refractivity contribution in [3.63, 3.8) is 0 Å². The van der Waals surface area contributed by atoms with Crippen LogP contribution >= 0.6 is 0 Å². The van der Waals surface area contributed by atoms with Gasteiger partial charge in [0.15, 0.2) is 5.82 Å². The lowest BCUT2D eigenvalue weighted by Crippen LogP contribution is -2.16. The monoisotopic (exact) mass is 285 g/mol. The van der Waals surface area contributed by atoms with Gasteiger partial charge in [0.1, 0.15) is 0 Å². The van der Waals surface area contributed by atoms with Gasteiger partial charge in [-0.15, -0.1) is 0 Å². The summed E-state index contributed by atoms with van der Waals surface area (Å²) >= 11 is 0. The van der Waals surface area contributed by atoms with E-state index in [9.17, 15) is 0 Å². The second kappa shape index (κ2) is 6.52. The number of aryl methyl sites for hydroxylation is 2. The van der Waals surface area contributed by atoms with Crippen LogP contribution < -0.4 is 10.2 Å². The molecule has 5 heteroatoms. The van der Waals surface area contributed by atoms with Crippen molar-refractivity contribution in [2.24, 2.45) is 0 Å². The zero-order valence-electron chi connectivity index (χ0n) is 13.4. The third-order valence-corrected chi connectivity index (χ3v) is 3.32. The highest BCUT2D eigenvalue weighted by Crippen LogP contribution is 2.21. The van der Waals surface area contributed by atoms with Crippen LogP contribution in [0.15, 0.2) is 18.2 Å². The molecule has 0 saturated heterocycles. The Hall–Kier alpha value is -2.17. The highest BCUT2D eigenvalue weighted by Gasteiger charge is 2.10. The third-order valence-electron chi connectivity index (χ3n) is 3.32. The van der Waals surface area contributed by atoms with E-state index in [1.54, 1.807) is 0 Å². The van der Waals surface area contributed by atoms with Crippen LogP contribution in [-0.4, -0.2) is 35.6 Å². The molecule has 2 rings (SSSR count). The Balaban J connectivity index is 2.45. The minimum absolute atomic E-state index is 0.628. The molecule has 0 atom stereocenters. The quantitative estimate of drug-likeness (QED) is 0.915. The predicted octanol–water partition coefficient (Wildman–Crippen LogP) is 3.04. The van der Waals surface area contributed by atoms with Crippen LogP contribution in [0.4, 0.5) is 11.9 Å². The summed E-state index contributed by atoms with van der Waals surface area (Å²) in [6, 6.07) is 6.28. The molecule has 112 valence electrons. The maximum absolute atomic E-state index is 4.55. The number of rotatable bonds is 5. The van der Waals surface area contributed by atoms with E-state index in [1.165, 1.54) is 11.1 Å². The Morgan fingerprint density at radius 2 is 1.81 bits per heavy atom. The van der Waals surface area contributed by atoms with Crippen molar-refractivity contribution in [2.45, 2.75) is 27.2 Å². The molecular formula is C16H23N5. The first-order chi connectivity index (χ1) is 10.0. The summed E-state index contributed by atoms with van der Waals surface area (Å²) in [6.07, 6.45) is 1.03. The summed E-state index contributed by atoms with van der Waals surface area (Å²) in [5, 5.41) is 3.24. The number of nitrogens with zero attached hydrogens (tertiary/aromatic N) is 4. The lowest BCUT2D eigenvalue weighted by Gasteiger charge is -2.14. The Bertz CT molecular complexity index is 622. The zero-order chi connectivity index (χ0) is 15.4. The molecule has 0 amide bonds.